The van der Waals surface area contributed by atoms with Crippen LogP contribution in [0.3, 0.4) is 0 Å². The summed E-state index contributed by atoms with van der Waals surface area (Å²) in [7, 11) is 0. The quantitative estimate of drug-likeness (QED) is 0.401. The number of rotatable bonds is 3. The van der Waals surface area contributed by atoms with Crippen LogP contribution in [-0.4, -0.2) is 21.9 Å². The second kappa shape index (κ2) is 4.62. The molecule has 0 radical (unpaired) electrons. The number of hydrogen-bond donors (Lipinski definition) is 0. The lowest BCUT2D eigenvalue weighted by Gasteiger charge is -2.31. The second-order valence-electron chi connectivity index (χ2n) is 3.01. The van der Waals surface area contributed by atoms with Crippen molar-refractivity contribution in [3.8, 4) is 0 Å². The van der Waals surface area contributed by atoms with E-state index in [4.69, 9.17) is 0 Å². The third-order valence-corrected chi connectivity index (χ3v) is 3.17. The Morgan fingerprint density at radius 1 is 0.933 bits per heavy atom. The Balaban J connectivity index is 5.06. The maximum absolute atomic E-state index is 13.0. The molecule has 0 nitrogen and oxygen atoms in total. The lowest BCUT2D eigenvalue weighted by atomic mass is 9.97. The van der Waals surface area contributed by atoms with Gasteiger partial charge in [0.05, 0.1) is 0 Å². The Labute approximate surface area is 95.3 Å². The van der Waals surface area contributed by atoms with Gasteiger partial charge in [-0.15, -0.1) is 0 Å². The van der Waals surface area contributed by atoms with Crippen LogP contribution in [0.15, 0.2) is 0 Å². The maximum atomic E-state index is 13.0. The van der Waals surface area contributed by atoms with Crippen LogP contribution in [0, 0.1) is 0 Å². The van der Waals surface area contributed by atoms with Crippen molar-refractivity contribution in [2.24, 2.45) is 0 Å². The van der Waals surface area contributed by atoms with Gasteiger partial charge in [0.15, 0.2) is 0 Å². The maximum Gasteiger partial charge on any atom is 0.431 e. The van der Waals surface area contributed by atoms with Gasteiger partial charge in [0.1, 0.15) is 0 Å². The van der Waals surface area contributed by atoms with Crippen molar-refractivity contribution < 1.29 is 30.7 Å². The molecule has 0 amide bonds. The van der Waals surface area contributed by atoms with Crippen LogP contribution in [0.25, 0.3) is 0 Å². The summed E-state index contributed by atoms with van der Waals surface area (Å²) in [5.74, 6) is 0. The summed E-state index contributed by atoms with van der Waals surface area (Å²) in [6, 6.07) is 0. The van der Waals surface area contributed by atoms with Crippen LogP contribution in [-0.2, 0) is 0 Å². The van der Waals surface area contributed by atoms with Gasteiger partial charge in [-0.25, -0.2) is 4.39 Å². The van der Waals surface area contributed by atoms with Crippen LogP contribution < -0.4 is 0 Å². The first kappa shape index (κ1) is 15.2. The topological polar surface area (TPSA) is 0 Å². The van der Waals surface area contributed by atoms with Gasteiger partial charge in [0, 0.05) is 10.3 Å². The summed E-state index contributed by atoms with van der Waals surface area (Å²) >= 11 is 1.37. The van der Waals surface area contributed by atoms with Crippen LogP contribution in [0.4, 0.5) is 30.7 Å². The molecule has 92 valence electrons. The highest BCUT2D eigenvalue weighted by molar-refractivity contribution is 14.1. The van der Waals surface area contributed by atoms with Crippen molar-refractivity contribution in [3.05, 3.63) is 0 Å². The van der Waals surface area contributed by atoms with E-state index in [0.29, 0.717) is 0 Å². The van der Waals surface area contributed by atoms with E-state index < -0.39 is 28.4 Å². The van der Waals surface area contributed by atoms with Crippen LogP contribution >= 0.6 is 22.6 Å². The van der Waals surface area contributed by atoms with Crippen molar-refractivity contribution in [3.63, 3.8) is 0 Å². The summed E-state index contributed by atoms with van der Waals surface area (Å²) in [4.78, 5) is 0. The van der Waals surface area contributed by atoms with Crippen LogP contribution in [0.5, 0.6) is 0 Å². The Morgan fingerprint density at radius 2 is 1.27 bits per heavy atom. The van der Waals surface area contributed by atoms with E-state index in [0.717, 1.165) is 0 Å². The summed E-state index contributed by atoms with van der Waals surface area (Å²) in [6.07, 6.45) is -13.4. The van der Waals surface area contributed by atoms with Gasteiger partial charge in [-0.3, -0.25) is 0 Å². The highest BCUT2D eigenvalue weighted by Crippen LogP contribution is 2.49. The highest BCUT2D eigenvalue weighted by Gasteiger charge is 2.72. The minimum absolute atomic E-state index is 0.0401. The molecule has 0 aromatic rings. The fourth-order valence-corrected chi connectivity index (χ4v) is 1.45. The zero-order chi connectivity index (χ0) is 12.5. The lowest BCUT2D eigenvalue weighted by molar-refractivity contribution is -0.342. The van der Waals surface area contributed by atoms with Gasteiger partial charge in [-0.05, 0) is 6.42 Å². The Hall–Kier alpha value is 0.240. The molecule has 0 aliphatic rings. The average Bonchev–Trinajstić information content (AvgIpc) is 1.99. The molecule has 0 spiro atoms. The predicted molar refractivity (Wildman–Crippen MR) is 48.7 cm³/mol. The zero-order valence-corrected chi connectivity index (χ0v) is 9.67. The standard InChI is InChI=1S/C7H8F7I/c1-2-4(15)3-5(8,6(9,10)11)7(12,13)14/h4H,2-3H2,1H3/t4-/m0/s1. The fourth-order valence-electron chi connectivity index (χ4n) is 0.842. The monoisotopic (exact) mass is 352 g/mol. The fraction of sp³-hybridized carbons (Fsp3) is 1.00. The van der Waals surface area contributed by atoms with Gasteiger partial charge in [-0.1, -0.05) is 29.5 Å². The van der Waals surface area contributed by atoms with Gasteiger partial charge in [-0.2, -0.15) is 26.3 Å². The largest absolute Gasteiger partial charge is 0.431 e. The number of alkyl halides is 8. The van der Waals surface area contributed by atoms with Crippen molar-refractivity contribution in [1.82, 2.24) is 0 Å². The van der Waals surface area contributed by atoms with E-state index in [1.165, 1.54) is 29.5 Å². The summed E-state index contributed by atoms with van der Waals surface area (Å²) in [6.45, 7) is 1.39. The normalized spacial score (nSPS) is 16.6. The molecular weight excluding hydrogens is 344 g/mol. The van der Waals surface area contributed by atoms with E-state index in [-0.39, 0.29) is 6.42 Å². The van der Waals surface area contributed by atoms with E-state index in [1.807, 2.05) is 0 Å². The Bertz CT molecular complexity index is 192. The smallest absolute Gasteiger partial charge is 0.224 e. The first-order valence-corrected chi connectivity index (χ1v) is 5.16. The average molecular weight is 352 g/mol. The first-order valence-electron chi connectivity index (χ1n) is 3.92. The summed E-state index contributed by atoms with van der Waals surface area (Å²) in [5.41, 5.74) is -5.11. The van der Waals surface area contributed by atoms with Crippen molar-refractivity contribution in [2.45, 2.75) is 41.7 Å². The SMILES string of the molecule is CC[C@H](I)CC(F)(C(F)(F)F)C(F)(F)F. The predicted octanol–water partition coefficient (Wildman–Crippen LogP) is 4.42. The van der Waals surface area contributed by atoms with Gasteiger partial charge in [0.2, 0.25) is 0 Å². The molecule has 0 N–H and O–H groups in total. The number of hydrogen-bond acceptors (Lipinski definition) is 0. The molecule has 0 bridgehead atoms. The molecule has 0 unspecified atom stereocenters. The molecular formula is C7H8F7I. The van der Waals surface area contributed by atoms with Crippen LogP contribution in [0.2, 0.25) is 0 Å². The molecule has 0 saturated carbocycles. The molecule has 0 aliphatic heterocycles. The molecule has 0 aromatic carbocycles. The van der Waals surface area contributed by atoms with Crippen LogP contribution in [0.1, 0.15) is 19.8 Å². The third kappa shape index (κ3) is 3.35. The van der Waals surface area contributed by atoms with Crippen molar-refractivity contribution >= 4 is 22.6 Å². The molecule has 0 heterocycles. The molecule has 8 heteroatoms. The van der Waals surface area contributed by atoms with Gasteiger partial charge < -0.3 is 0 Å². The minimum Gasteiger partial charge on any atom is -0.224 e. The minimum atomic E-state index is -5.93. The summed E-state index contributed by atoms with van der Waals surface area (Å²) < 4.78 is 84.0. The first-order chi connectivity index (χ1) is 6.45. The molecule has 0 fully saturated rings. The van der Waals surface area contributed by atoms with Crippen molar-refractivity contribution in [1.29, 1.82) is 0 Å². The van der Waals surface area contributed by atoms with E-state index in [9.17, 15) is 30.7 Å². The van der Waals surface area contributed by atoms with Gasteiger partial charge in [0.25, 0.3) is 5.67 Å². The van der Waals surface area contributed by atoms with E-state index >= 15 is 0 Å². The van der Waals surface area contributed by atoms with E-state index in [2.05, 4.69) is 0 Å². The highest BCUT2D eigenvalue weighted by atomic mass is 127. The molecule has 0 aromatic heterocycles. The Morgan fingerprint density at radius 3 is 1.47 bits per heavy atom. The summed E-state index contributed by atoms with van der Waals surface area (Å²) in [5, 5.41) is 0. The van der Waals surface area contributed by atoms with Crippen molar-refractivity contribution in [2.75, 3.05) is 0 Å². The molecule has 0 aliphatic carbocycles. The third-order valence-electron chi connectivity index (χ3n) is 1.84. The molecule has 1 atom stereocenters. The van der Waals surface area contributed by atoms with Gasteiger partial charge >= 0.3 is 12.4 Å². The molecule has 15 heavy (non-hydrogen) atoms. The Kier molecular flexibility index (Phi) is 4.70. The molecule has 0 rings (SSSR count). The second-order valence-corrected chi connectivity index (χ2v) is 4.77. The molecule has 0 saturated heterocycles. The lowest BCUT2D eigenvalue weighted by Crippen LogP contribution is -2.54. The van der Waals surface area contributed by atoms with E-state index in [1.54, 1.807) is 0 Å². The number of halogens is 8. The zero-order valence-electron chi connectivity index (χ0n) is 7.52.